The maximum Gasteiger partial charge on any atom is 0.417 e. The zero-order chi connectivity index (χ0) is 21.1. The Morgan fingerprint density at radius 2 is 1.83 bits per heavy atom. The summed E-state index contributed by atoms with van der Waals surface area (Å²) >= 11 is 18.3. The number of hydrogen-bond acceptors (Lipinski definition) is 3. The number of nitrogens with zero attached hydrogens (tertiary/aromatic N) is 1. The van der Waals surface area contributed by atoms with Gasteiger partial charge in [0.05, 0.1) is 0 Å². The fourth-order valence-electron chi connectivity index (χ4n) is 3.55. The SMILES string of the molecule is O=C(Nc1cccc(Cl)c1)Oc1ccc2c(c1)CCCN2Cc1ccc(Cl)cc1Cl. The number of fused-ring (bicyclic) bond motifs is 1. The van der Waals surface area contributed by atoms with E-state index in [0.29, 0.717) is 33.0 Å². The highest BCUT2D eigenvalue weighted by atomic mass is 35.5. The lowest BCUT2D eigenvalue weighted by molar-refractivity contribution is 0.215. The number of rotatable bonds is 4. The van der Waals surface area contributed by atoms with Crippen LogP contribution in [0.25, 0.3) is 0 Å². The van der Waals surface area contributed by atoms with E-state index in [1.54, 1.807) is 36.4 Å². The van der Waals surface area contributed by atoms with Gasteiger partial charge in [-0.25, -0.2) is 4.79 Å². The Balaban J connectivity index is 1.46. The molecule has 4 rings (SSSR count). The zero-order valence-electron chi connectivity index (χ0n) is 16.0. The third kappa shape index (κ3) is 5.01. The summed E-state index contributed by atoms with van der Waals surface area (Å²) in [5.41, 5.74) is 3.86. The third-order valence-electron chi connectivity index (χ3n) is 4.92. The van der Waals surface area contributed by atoms with Crippen molar-refractivity contribution in [3.8, 4) is 5.75 Å². The molecule has 0 atom stereocenters. The summed E-state index contributed by atoms with van der Waals surface area (Å²) in [4.78, 5) is 14.5. The van der Waals surface area contributed by atoms with Crippen LogP contribution in [0, 0.1) is 0 Å². The van der Waals surface area contributed by atoms with Gasteiger partial charge in [0, 0.05) is 39.5 Å². The Morgan fingerprint density at radius 1 is 1.00 bits per heavy atom. The lowest BCUT2D eigenvalue weighted by Gasteiger charge is -2.32. The van der Waals surface area contributed by atoms with Crippen molar-refractivity contribution in [3.63, 3.8) is 0 Å². The summed E-state index contributed by atoms with van der Waals surface area (Å²) in [5.74, 6) is 0.500. The summed E-state index contributed by atoms with van der Waals surface area (Å²) in [7, 11) is 0. The molecule has 0 bridgehead atoms. The molecule has 0 saturated carbocycles. The van der Waals surface area contributed by atoms with Crippen LogP contribution in [0.15, 0.2) is 60.7 Å². The standard InChI is InChI=1S/C23H19Cl3N2O2/c24-17-4-1-5-19(12-17)27-23(29)30-20-8-9-22-15(11-20)3-2-10-28(22)14-16-6-7-18(25)13-21(16)26/h1,4-9,11-13H,2-3,10,14H2,(H,27,29). The Morgan fingerprint density at radius 3 is 2.63 bits per heavy atom. The monoisotopic (exact) mass is 460 g/mol. The van der Waals surface area contributed by atoms with Crippen molar-refractivity contribution in [2.24, 2.45) is 0 Å². The van der Waals surface area contributed by atoms with Crippen molar-refractivity contribution in [3.05, 3.63) is 86.9 Å². The number of halogens is 3. The van der Waals surface area contributed by atoms with E-state index in [4.69, 9.17) is 39.5 Å². The van der Waals surface area contributed by atoms with E-state index in [-0.39, 0.29) is 0 Å². The predicted octanol–water partition coefficient (Wildman–Crippen LogP) is 7.21. The number of nitrogens with one attached hydrogen (secondary N) is 1. The van der Waals surface area contributed by atoms with Crippen molar-refractivity contribution in [2.75, 3.05) is 16.8 Å². The highest BCUT2D eigenvalue weighted by Gasteiger charge is 2.19. The van der Waals surface area contributed by atoms with E-state index in [9.17, 15) is 4.79 Å². The minimum absolute atomic E-state index is 0.500. The fourth-order valence-corrected chi connectivity index (χ4v) is 4.21. The van der Waals surface area contributed by atoms with Gasteiger partial charge in [0.15, 0.2) is 0 Å². The molecular formula is C23H19Cl3N2O2. The number of hydrogen-bond donors (Lipinski definition) is 1. The molecule has 3 aromatic carbocycles. The molecule has 154 valence electrons. The maximum absolute atomic E-state index is 12.2. The Labute approximate surface area is 190 Å². The lowest BCUT2D eigenvalue weighted by Crippen LogP contribution is -2.29. The molecule has 0 aromatic heterocycles. The molecule has 0 fully saturated rings. The molecule has 3 aromatic rings. The van der Waals surface area contributed by atoms with Gasteiger partial charge in [0.25, 0.3) is 0 Å². The van der Waals surface area contributed by atoms with Gasteiger partial charge in [-0.15, -0.1) is 0 Å². The summed E-state index contributed by atoms with van der Waals surface area (Å²) in [6.07, 6.45) is 1.38. The molecule has 0 unspecified atom stereocenters. The molecule has 1 amide bonds. The molecule has 7 heteroatoms. The first-order chi connectivity index (χ1) is 14.5. The van der Waals surface area contributed by atoms with E-state index in [0.717, 1.165) is 36.2 Å². The van der Waals surface area contributed by atoms with E-state index in [1.165, 1.54) is 0 Å². The van der Waals surface area contributed by atoms with Crippen LogP contribution in [0.1, 0.15) is 17.5 Å². The smallest absolute Gasteiger partial charge is 0.410 e. The van der Waals surface area contributed by atoms with E-state index in [2.05, 4.69) is 10.2 Å². The molecule has 1 aliphatic rings. The van der Waals surface area contributed by atoms with Gasteiger partial charge in [-0.2, -0.15) is 0 Å². The number of aryl methyl sites for hydroxylation is 1. The second-order valence-electron chi connectivity index (χ2n) is 7.08. The summed E-state index contributed by atoms with van der Waals surface area (Å²) in [5, 5.41) is 4.51. The normalized spacial score (nSPS) is 13.0. The van der Waals surface area contributed by atoms with E-state index >= 15 is 0 Å². The fraction of sp³-hybridized carbons (Fsp3) is 0.174. The van der Waals surface area contributed by atoms with Crippen LogP contribution in [0.3, 0.4) is 0 Å². The van der Waals surface area contributed by atoms with Gasteiger partial charge in [0.1, 0.15) is 5.75 Å². The van der Waals surface area contributed by atoms with Crippen LogP contribution < -0.4 is 15.0 Å². The minimum atomic E-state index is -0.558. The van der Waals surface area contributed by atoms with Gasteiger partial charge in [-0.1, -0.05) is 46.9 Å². The molecule has 0 spiro atoms. The number of carbonyl (C=O) groups excluding carboxylic acids is 1. The molecule has 30 heavy (non-hydrogen) atoms. The van der Waals surface area contributed by atoms with Crippen LogP contribution in [0.4, 0.5) is 16.2 Å². The second-order valence-corrected chi connectivity index (χ2v) is 8.36. The average Bonchev–Trinajstić information content (AvgIpc) is 2.70. The predicted molar refractivity (Wildman–Crippen MR) is 123 cm³/mol. The molecule has 0 saturated heterocycles. The van der Waals surface area contributed by atoms with Crippen molar-refractivity contribution in [1.29, 1.82) is 0 Å². The summed E-state index contributed by atoms with van der Waals surface area (Å²) < 4.78 is 5.46. The van der Waals surface area contributed by atoms with Gasteiger partial charge < -0.3 is 9.64 Å². The average molecular weight is 462 g/mol. The van der Waals surface area contributed by atoms with Crippen LogP contribution in [-0.4, -0.2) is 12.6 Å². The van der Waals surface area contributed by atoms with Gasteiger partial charge in [-0.3, -0.25) is 5.32 Å². The topological polar surface area (TPSA) is 41.6 Å². The van der Waals surface area contributed by atoms with Crippen LogP contribution >= 0.6 is 34.8 Å². The largest absolute Gasteiger partial charge is 0.417 e. The Bertz CT molecular complexity index is 1090. The second kappa shape index (κ2) is 9.17. The van der Waals surface area contributed by atoms with Crippen molar-refractivity contribution < 1.29 is 9.53 Å². The first-order valence-corrected chi connectivity index (χ1v) is 10.7. The number of anilines is 2. The highest BCUT2D eigenvalue weighted by Crippen LogP contribution is 2.33. The quantitative estimate of drug-likeness (QED) is 0.446. The minimum Gasteiger partial charge on any atom is -0.410 e. The maximum atomic E-state index is 12.2. The molecule has 1 N–H and O–H groups in total. The van der Waals surface area contributed by atoms with Gasteiger partial charge >= 0.3 is 6.09 Å². The van der Waals surface area contributed by atoms with Crippen LogP contribution in [0.5, 0.6) is 5.75 Å². The molecule has 0 aliphatic carbocycles. The number of benzene rings is 3. The van der Waals surface area contributed by atoms with Crippen LogP contribution in [-0.2, 0) is 13.0 Å². The summed E-state index contributed by atoms with van der Waals surface area (Å²) in [6, 6.07) is 18.2. The molecule has 1 aliphatic heterocycles. The van der Waals surface area contributed by atoms with Gasteiger partial charge in [-0.05, 0) is 72.5 Å². The Kier molecular flexibility index (Phi) is 6.38. The molecule has 1 heterocycles. The summed E-state index contributed by atoms with van der Waals surface area (Å²) in [6.45, 7) is 1.62. The first-order valence-electron chi connectivity index (χ1n) is 9.54. The van der Waals surface area contributed by atoms with E-state index in [1.807, 2.05) is 24.3 Å². The Hall–Kier alpha value is -2.40. The van der Waals surface area contributed by atoms with Gasteiger partial charge in [0.2, 0.25) is 0 Å². The van der Waals surface area contributed by atoms with Crippen molar-refractivity contribution in [2.45, 2.75) is 19.4 Å². The third-order valence-corrected chi connectivity index (χ3v) is 5.75. The number of amides is 1. The molecular weight excluding hydrogens is 443 g/mol. The number of carbonyl (C=O) groups is 1. The van der Waals surface area contributed by atoms with Crippen molar-refractivity contribution in [1.82, 2.24) is 0 Å². The lowest BCUT2D eigenvalue weighted by atomic mass is 10.0. The van der Waals surface area contributed by atoms with Crippen molar-refractivity contribution >= 4 is 52.3 Å². The molecule has 4 nitrogen and oxygen atoms in total. The van der Waals surface area contributed by atoms with E-state index < -0.39 is 6.09 Å². The first kappa shape index (κ1) is 20.9. The zero-order valence-corrected chi connectivity index (χ0v) is 18.3. The highest BCUT2D eigenvalue weighted by molar-refractivity contribution is 6.35. The molecule has 0 radical (unpaired) electrons. The number of ether oxygens (including phenoxy) is 1. The van der Waals surface area contributed by atoms with Crippen LogP contribution in [0.2, 0.25) is 15.1 Å².